The van der Waals surface area contributed by atoms with Crippen LogP contribution in [0, 0.1) is 5.41 Å². The Balaban J connectivity index is 1.97. The lowest BCUT2D eigenvalue weighted by atomic mass is 9.73. The largest absolute Gasteiger partial charge is 0.493 e. The maximum Gasteiger partial charge on any atom is 0.407 e. The molecular formula is C16H22ClN3O3. The number of nitrogens with zero attached hydrogens (tertiary/aromatic N) is 3. The number of rotatable bonds is 2. The molecule has 0 saturated carbocycles. The van der Waals surface area contributed by atoms with Gasteiger partial charge in [-0.1, -0.05) is 32.4 Å². The maximum absolute atomic E-state index is 11.7. The van der Waals surface area contributed by atoms with Crippen LogP contribution in [0.25, 0.3) is 0 Å². The van der Waals surface area contributed by atoms with E-state index < -0.39 is 11.6 Å². The Morgan fingerprint density at radius 3 is 2.78 bits per heavy atom. The summed E-state index contributed by atoms with van der Waals surface area (Å²) in [7, 11) is 1.56. The fourth-order valence-corrected chi connectivity index (χ4v) is 4.13. The third-order valence-corrected chi connectivity index (χ3v) is 5.61. The molecule has 2 atom stereocenters. The van der Waals surface area contributed by atoms with Crippen LogP contribution in [0.3, 0.4) is 0 Å². The standard InChI is InChI=1S/C16H22ClN3O3/c1-15(2,3)16-6-11(8-20(16)14(21)22)19(9-16)10-5-12(23-4)13(17)18-7-10/h5,7,11H,6,8-9H2,1-4H3,(H,21,22)/t11-,16+/m1/s1. The minimum Gasteiger partial charge on any atom is -0.493 e. The number of aromatic nitrogens is 1. The molecule has 0 aliphatic carbocycles. The van der Waals surface area contributed by atoms with Gasteiger partial charge in [0.2, 0.25) is 0 Å². The van der Waals surface area contributed by atoms with E-state index in [-0.39, 0.29) is 11.5 Å². The summed E-state index contributed by atoms with van der Waals surface area (Å²) in [5.41, 5.74) is 0.377. The second-order valence-corrected chi connectivity index (χ2v) is 7.71. The SMILES string of the molecule is COc1cc(N2C[C@]3(C(C)(C)C)C[C@@H]2CN3C(=O)O)cnc1Cl. The average molecular weight is 340 g/mol. The van der Waals surface area contributed by atoms with Crippen LogP contribution in [0.4, 0.5) is 10.5 Å². The summed E-state index contributed by atoms with van der Waals surface area (Å²) in [5.74, 6) is 0.534. The molecule has 2 fully saturated rings. The van der Waals surface area contributed by atoms with Crippen molar-refractivity contribution in [3.05, 3.63) is 17.4 Å². The van der Waals surface area contributed by atoms with Gasteiger partial charge in [0.15, 0.2) is 10.9 Å². The molecule has 0 unspecified atom stereocenters. The zero-order chi connectivity index (χ0) is 17.0. The molecule has 2 bridgehead atoms. The summed E-state index contributed by atoms with van der Waals surface area (Å²) in [6.45, 7) is 7.48. The quantitative estimate of drug-likeness (QED) is 0.839. The molecule has 126 valence electrons. The van der Waals surface area contributed by atoms with Gasteiger partial charge in [-0.2, -0.15) is 0 Å². The highest BCUT2D eigenvalue weighted by Crippen LogP contribution is 2.51. The van der Waals surface area contributed by atoms with Crippen LogP contribution in [-0.2, 0) is 0 Å². The Labute approximate surface area is 141 Å². The number of likely N-dealkylation sites (tertiary alicyclic amines) is 1. The van der Waals surface area contributed by atoms with E-state index in [0.717, 1.165) is 12.1 Å². The summed E-state index contributed by atoms with van der Waals surface area (Å²) >= 11 is 6.01. The first-order chi connectivity index (χ1) is 10.7. The minimum atomic E-state index is -0.839. The molecule has 3 heterocycles. The Morgan fingerprint density at radius 1 is 1.52 bits per heavy atom. The molecule has 0 radical (unpaired) electrons. The van der Waals surface area contributed by atoms with E-state index in [1.807, 2.05) is 6.07 Å². The molecular weight excluding hydrogens is 318 g/mol. The van der Waals surface area contributed by atoms with Crippen LogP contribution in [0.1, 0.15) is 27.2 Å². The Kier molecular flexibility index (Phi) is 3.63. The van der Waals surface area contributed by atoms with Crippen molar-refractivity contribution in [2.45, 2.75) is 38.8 Å². The summed E-state index contributed by atoms with van der Waals surface area (Å²) in [6.07, 6.45) is 1.72. The molecule has 7 heteroatoms. The number of piperazine rings is 1. The molecule has 2 aliphatic heterocycles. The highest BCUT2D eigenvalue weighted by molar-refractivity contribution is 6.30. The van der Waals surface area contributed by atoms with Crippen molar-refractivity contribution >= 4 is 23.4 Å². The smallest absolute Gasteiger partial charge is 0.407 e. The van der Waals surface area contributed by atoms with E-state index in [9.17, 15) is 9.90 Å². The van der Waals surface area contributed by atoms with Crippen LogP contribution in [0.5, 0.6) is 5.75 Å². The molecule has 1 aromatic heterocycles. The monoisotopic (exact) mass is 339 g/mol. The van der Waals surface area contributed by atoms with Crippen molar-refractivity contribution in [1.29, 1.82) is 0 Å². The number of hydrogen-bond donors (Lipinski definition) is 1. The third kappa shape index (κ3) is 2.31. The number of amides is 1. The fourth-order valence-electron chi connectivity index (χ4n) is 3.95. The van der Waals surface area contributed by atoms with Crippen molar-refractivity contribution in [2.24, 2.45) is 5.41 Å². The van der Waals surface area contributed by atoms with Gasteiger partial charge in [0.1, 0.15) is 0 Å². The fraction of sp³-hybridized carbons (Fsp3) is 0.625. The molecule has 0 spiro atoms. The van der Waals surface area contributed by atoms with Crippen LogP contribution in [-0.4, -0.2) is 52.9 Å². The lowest BCUT2D eigenvalue weighted by molar-refractivity contribution is 0.0363. The first-order valence-corrected chi connectivity index (χ1v) is 8.04. The average Bonchev–Trinajstić information content (AvgIpc) is 3.04. The van der Waals surface area contributed by atoms with Crippen molar-refractivity contribution in [1.82, 2.24) is 9.88 Å². The van der Waals surface area contributed by atoms with E-state index in [1.54, 1.807) is 18.2 Å². The molecule has 23 heavy (non-hydrogen) atoms. The maximum atomic E-state index is 11.7. The number of carbonyl (C=O) groups is 1. The zero-order valence-corrected chi connectivity index (χ0v) is 14.6. The molecule has 1 N–H and O–H groups in total. The highest BCUT2D eigenvalue weighted by Gasteiger charge is 2.61. The minimum absolute atomic E-state index is 0.151. The summed E-state index contributed by atoms with van der Waals surface area (Å²) in [4.78, 5) is 19.7. The van der Waals surface area contributed by atoms with E-state index in [4.69, 9.17) is 16.3 Å². The molecule has 6 nitrogen and oxygen atoms in total. The predicted molar refractivity (Wildman–Crippen MR) is 88.5 cm³/mol. The lowest BCUT2D eigenvalue weighted by Crippen LogP contribution is -2.61. The molecule has 1 aromatic rings. The van der Waals surface area contributed by atoms with Crippen molar-refractivity contribution < 1.29 is 14.6 Å². The second kappa shape index (κ2) is 5.16. The number of hydrogen-bond acceptors (Lipinski definition) is 4. The number of carboxylic acid groups (broad SMARTS) is 1. The number of pyridine rings is 1. The van der Waals surface area contributed by atoms with Crippen molar-refractivity contribution in [2.75, 3.05) is 25.1 Å². The van der Waals surface area contributed by atoms with Gasteiger partial charge in [0, 0.05) is 25.2 Å². The van der Waals surface area contributed by atoms with Crippen LogP contribution in [0.2, 0.25) is 5.15 Å². The summed E-state index contributed by atoms with van der Waals surface area (Å²) in [5, 5.41) is 9.93. The van der Waals surface area contributed by atoms with Gasteiger partial charge in [-0.15, -0.1) is 0 Å². The van der Waals surface area contributed by atoms with Gasteiger partial charge < -0.3 is 14.7 Å². The van der Waals surface area contributed by atoms with Crippen molar-refractivity contribution in [3.8, 4) is 5.75 Å². The van der Waals surface area contributed by atoms with E-state index in [1.165, 1.54) is 0 Å². The van der Waals surface area contributed by atoms with E-state index in [0.29, 0.717) is 24.0 Å². The van der Waals surface area contributed by atoms with Gasteiger partial charge in [-0.25, -0.2) is 9.78 Å². The second-order valence-electron chi connectivity index (χ2n) is 7.35. The Hall–Kier alpha value is -1.69. The normalized spacial score (nSPS) is 26.7. The zero-order valence-electron chi connectivity index (χ0n) is 13.8. The van der Waals surface area contributed by atoms with Gasteiger partial charge in [-0.05, 0) is 11.8 Å². The molecule has 0 aromatic carbocycles. The first kappa shape index (κ1) is 16.2. The van der Waals surface area contributed by atoms with Crippen molar-refractivity contribution in [3.63, 3.8) is 0 Å². The topological polar surface area (TPSA) is 65.9 Å². The first-order valence-electron chi connectivity index (χ1n) is 7.66. The number of fused-ring (bicyclic) bond motifs is 2. The number of ether oxygens (including phenoxy) is 1. The van der Waals surface area contributed by atoms with Crippen LogP contribution < -0.4 is 9.64 Å². The predicted octanol–water partition coefficient (Wildman–Crippen LogP) is 3.10. The van der Waals surface area contributed by atoms with E-state index in [2.05, 4.69) is 30.7 Å². The summed E-state index contributed by atoms with van der Waals surface area (Å²) in [6, 6.07) is 2.02. The third-order valence-electron chi connectivity index (χ3n) is 5.33. The molecule has 2 aliphatic rings. The lowest BCUT2D eigenvalue weighted by Gasteiger charge is -2.48. The molecule has 1 amide bonds. The number of anilines is 1. The number of halogens is 1. The molecule has 3 rings (SSSR count). The van der Waals surface area contributed by atoms with Crippen LogP contribution in [0.15, 0.2) is 12.3 Å². The van der Waals surface area contributed by atoms with Gasteiger partial charge in [-0.3, -0.25) is 4.90 Å². The molecule has 2 saturated heterocycles. The Morgan fingerprint density at radius 2 is 2.22 bits per heavy atom. The van der Waals surface area contributed by atoms with Gasteiger partial charge >= 0.3 is 6.09 Å². The van der Waals surface area contributed by atoms with E-state index >= 15 is 0 Å². The van der Waals surface area contributed by atoms with Gasteiger partial charge in [0.25, 0.3) is 0 Å². The van der Waals surface area contributed by atoms with Crippen LogP contribution >= 0.6 is 11.6 Å². The number of methoxy groups -OCH3 is 1. The van der Waals surface area contributed by atoms with Gasteiger partial charge in [0.05, 0.1) is 24.5 Å². The summed E-state index contributed by atoms with van der Waals surface area (Å²) < 4.78 is 5.25. The Bertz CT molecular complexity index is 646. The highest BCUT2D eigenvalue weighted by atomic mass is 35.5.